The van der Waals surface area contributed by atoms with Crippen LogP contribution in [0.5, 0.6) is 5.75 Å². The maximum Gasteiger partial charge on any atom is 0.254 e. The van der Waals surface area contributed by atoms with Gasteiger partial charge < -0.3 is 15.7 Å². The minimum absolute atomic E-state index is 0.0640. The molecule has 0 saturated carbocycles. The first-order valence-corrected chi connectivity index (χ1v) is 5.58. The number of hydrogen-bond acceptors (Lipinski definition) is 3. The van der Waals surface area contributed by atoms with Gasteiger partial charge in [-0.15, -0.1) is 6.58 Å². The molecule has 1 rings (SSSR count). The number of anilines is 1. The molecule has 0 bridgehead atoms. The van der Waals surface area contributed by atoms with Crippen molar-refractivity contribution in [2.75, 3.05) is 18.8 Å². The van der Waals surface area contributed by atoms with Crippen molar-refractivity contribution in [1.29, 1.82) is 0 Å². The van der Waals surface area contributed by atoms with E-state index in [0.29, 0.717) is 18.7 Å². The van der Waals surface area contributed by atoms with Gasteiger partial charge in [-0.05, 0) is 24.6 Å². The molecule has 0 radical (unpaired) electrons. The van der Waals surface area contributed by atoms with Crippen LogP contribution in [0.15, 0.2) is 30.9 Å². The number of phenols is 1. The maximum absolute atomic E-state index is 12.1. The summed E-state index contributed by atoms with van der Waals surface area (Å²) >= 11 is 0. The van der Waals surface area contributed by atoms with E-state index in [2.05, 4.69) is 6.58 Å². The highest BCUT2D eigenvalue weighted by Crippen LogP contribution is 2.21. The van der Waals surface area contributed by atoms with E-state index in [1.165, 1.54) is 12.1 Å². The van der Waals surface area contributed by atoms with Crippen molar-refractivity contribution >= 4 is 11.6 Å². The Morgan fingerprint density at radius 2 is 2.29 bits per heavy atom. The number of rotatable bonds is 5. The molecule has 1 amide bonds. The molecule has 0 fully saturated rings. The number of hydrogen-bond donors (Lipinski definition) is 2. The van der Waals surface area contributed by atoms with Gasteiger partial charge in [0.1, 0.15) is 5.75 Å². The summed E-state index contributed by atoms with van der Waals surface area (Å²) in [5, 5.41) is 9.47. The molecule has 92 valence electrons. The maximum atomic E-state index is 12.1. The van der Waals surface area contributed by atoms with Crippen molar-refractivity contribution < 1.29 is 9.90 Å². The number of amides is 1. The first-order chi connectivity index (χ1) is 8.10. The van der Waals surface area contributed by atoms with Crippen LogP contribution in [-0.2, 0) is 0 Å². The Morgan fingerprint density at radius 1 is 1.59 bits per heavy atom. The van der Waals surface area contributed by atoms with Crippen molar-refractivity contribution in [1.82, 2.24) is 4.90 Å². The summed E-state index contributed by atoms with van der Waals surface area (Å²) in [7, 11) is 0. The molecule has 0 aliphatic carbocycles. The first-order valence-electron chi connectivity index (χ1n) is 5.58. The van der Waals surface area contributed by atoms with Crippen LogP contribution in [0.25, 0.3) is 0 Å². The van der Waals surface area contributed by atoms with E-state index >= 15 is 0 Å². The Kier molecular flexibility index (Phi) is 4.57. The smallest absolute Gasteiger partial charge is 0.254 e. The molecule has 0 aromatic heterocycles. The van der Waals surface area contributed by atoms with Crippen molar-refractivity contribution in [3.8, 4) is 5.75 Å². The second-order valence-corrected chi connectivity index (χ2v) is 3.81. The molecule has 0 unspecified atom stereocenters. The third-order valence-corrected chi connectivity index (χ3v) is 2.41. The highest BCUT2D eigenvalue weighted by Gasteiger charge is 2.14. The van der Waals surface area contributed by atoms with Gasteiger partial charge in [0.15, 0.2) is 0 Å². The van der Waals surface area contributed by atoms with E-state index in [9.17, 15) is 9.90 Å². The monoisotopic (exact) mass is 234 g/mol. The summed E-state index contributed by atoms with van der Waals surface area (Å²) in [6.45, 7) is 6.79. The molecule has 4 heteroatoms. The zero-order chi connectivity index (χ0) is 12.8. The molecule has 0 spiro atoms. The van der Waals surface area contributed by atoms with Crippen molar-refractivity contribution in [2.45, 2.75) is 13.3 Å². The zero-order valence-electron chi connectivity index (χ0n) is 10.0. The van der Waals surface area contributed by atoms with Crippen LogP contribution >= 0.6 is 0 Å². The summed E-state index contributed by atoms with van der Waals surface area (Å²) in [6, 6.07) is 4.53. The van der Waals surface area contributed by atoms with Gasteiger partial charge in [0.2, 0.25) is 0 Å². The average molecular weight is 234 g/mol. The number of carbonyl (C=O) groups is 1. The van der Waals surface area contributed by atoms with Crippen LogP contribution in [-0.4, -0.2) is 29.0 Å². The van der Waals surface area contributed by atoms with Gasteiger partial charge in [-0.1, -0.05) is 13.0 Å². The number of nitrogen functional groups attached to an aromatic ring is 1. The zero-order valence-corrected chi connectivity index (χ0v) is 10.0. The van der Waals surface area contributed by atoms with E-state index in [-0.39, 0.29) is 17.3 Å². The van der Waals surface area contributed by atoms with Gasteiger partial charge in [0, 0.05) is 18.7 Å². The fourth-order valence-electron chi connectivity index (χ4n) is 1.56. The lowest BCUT2D eigenvalue weighted by atomic mass is 10.1. The molecule has 4 nitrogen and oxygen atoms in total. The third kappa shape index (κ3) is 3.24. The number of carbonyl (C=O) groups excluding carboxylic acids is 1. The fourth-order valence-corrected chi connectivity index (χ4v) is 1.56. The predicted octanol–water partition coefficient (Wildman–Crippen LogP) is 2.01. The van der Waals surface area contributed by atoms with Crippen molar-refractivity contribution in [2.24, 2.45) is 0 Å². The second-order valence-electron chi connectivity index (χ2n) is 3.81. The van der Waals surface area contributed by atoms with E-state index in [4.69, 9.17) is 5.73 Å². The molecule has 17 heavy (non-hydrogen) atoms. The predicted molar refractivity (Wildman–Crippen MR) is 68.9 cm³/mol. The van der Waals surface area contributed by atoms with E-state index in [1.54, 1.807) is 17.0 Å². The molecular formula is C13H18N2O2. The van der Waals surface area contributed by atoms with E-state index in [0.717, 1.165) is 6.42 Å². The third-order valence-electron chi connectivity index (χ3n) is 2.41. The van der Waals surface area contributed by atoms with Gasteiger partial charge in [-0.3, -0.25) is 4.79 Å². The Labute approximate surface area is 101 Å². The van der Waals surface area contributed by atoms with Crippen LogP contribution < -0.4 is 5.73 Å². The second kappa shape index (κ2) is 5.94. The largest absolute Gasteiger partial charge is 0.506 e. The van der Waals surface area contributed by atoms with Gasteiger partial charge in [-0.25, -0.2) is 0 Å². The van der Waals surface area contributed by atoms with E-state index < -0.39 is 0 Å². The Balaban J connectivity index is 2.92. The van der Waals surface area contributed by atoms with Crippen LogP contribution in [0.3, 0.4) is 0 Å². The standard InChI is InChI=1S/C13H18N2O2/c1-3-7-15(8-4-2)13(17)10-5-6-11(14)12(16)9-10/h3,5-6,9,16H,1,4,7-8,14H2,2H3. The molecule has 3 N–H and O–H groups in total. The molecule has 0 heterocycles. The molecule has 0 atom stereocenters. The molecule has 0 aliphatic heterocycles. The van der Waals surface area contributed by atoms with Gasteiger partial charge in [-0.2, -0.15) is 0 Å². The topological polar surface area (TPSA) is 66.6 Å². The van der Waals surface area contributed by atoms with Crippen molar-refractivity contribution in [3.05, 3.63) is 36.4 Å². The summed E-state index contributed by atoms with van der Waals surface area (Å²) < 4.78 is 0. The molecular weight excluding hydrogens is 216 g/mol. The lowest BCUT2D eigenvalue weighted by Crippen LogP contribution is -2.31. The highest BCUT2D eigenvalue weighted by atomic mass is 16.3. The Bertz CT molecular complexity index is 416. The van der Waals surface area contributed by atoms with E-state index in [1.807, 2.05) is 6.92 Å². The molecule has 1 aromatic carbocycles. The van der Waals surface area contributed by atoms with Gasteiger partial charge in [0.25, 0.3) is 5.91 Å². The summed E-state index contributed by atoms with van der Waals surface area (Å²) in [6.07, 6.45) is 2.56. The number of phenolic OH excluding ortho intramolecular Hbond substituents is 1. The Hall–Kier alpha value is -1.97. The molecule has 0 aliphatic rings. The van der Waals surface area contributed by atoms with Crippen LogP contribution in [0.4, 0.5) is 5.69 Å². The van der Waals surface area contributed by atoms with Crippen LogP contribution in [0, 0.1) is 0 Å². The van der Waals surface area contributed by atoms with Crippen molar-refractivity contribution in [3.63, 3.8) is 0 Å². The average Bonchev–Trinajstić information content (AvgIpc) is 2.31. The lowest BCUT2D eigenvalue weighted by Gasteiger charge is -2.20. The lowest BCUT2D eigenvalue weighted by molar-refractivity contribution is 0.0773. The van der Waals surface area contributed by atoms with Gasteiger partial charge >= 0.3 is 0 Å². The SMILES string of the molecule is C=CCN(CCC)C(=O)c1ccc(N)c(O)c1. The quantitative estimate of drug-likeness (QED) is 0.465. The number of nitrogens with two attached hydrogens (primary N) is 1. The summed E-state index contributed by atoms with van der Waals surface area (Å²) in [4.78, 5) is 13.8. The summed E-state index contributed by atoms with van der Waals surface area (Å²) in [5.74, 6) is -0.187. The highest BCUT2D eigenvalue weighted by molar-refractivity contribution is 5.95. The first kappa shape index (κ1) is 13.1. The Morgan fingerprint density at radius 3 is 2.82 bits per heavy atom. The van der Waals surface area contributed by atoms with Crippen LogP contribution in [0.1, 0.15) is 23.7 Å². The normalized spacial score (nSPS) is 9.94. The van der Waals surface area contributed by atoms with Crippen LogP contribution in [0.2, 0.25) is 0 Å². The van der Waals surface area contributed by atoms with Gasteiger partial charge in [0.05, 0.1) is 5.69 Å². The molecule has 0 saturated heterocycles. The number of nitrogens with zero attached hydrogens (tertiary/aromatic N) is 1. The minimum Gasteiger partial charge on any atom is -0.506 e. The number of benzene rings is 1. The fraction of sp³-hybridized carbons (Fsp3) is 0.308. The number of aromatic hydroxyl groups is 1. The minimum atomic E-state index is -0.123. The molecule has 1 aromatic rings. The summed E-state index contributed by atoms with van der Waals surface area (Å²) in [5.41, 5.74) is 6.20.